The fraction of sp³-hybridized carbons (Fsp3) is 0.211. The van der Waals surface area contributed by atoms with E-state index in [9.17, 15) is 4.79 Å². The molecule has 0 unspecified atom stereocenters. The number of hydrogen-bond acceptors (Lipinski definition) is 3. The highest BCUT2D eigenvalue weighted by Crippen LogP contribution is 2.28. The molecule has 0 aromatic heterocycles. The van der Waals surface area contributed by atoms with Gasteiger partial charge in [0.15, 0.2) is 0 Å². The lowest BCUT2D eigenvalue weighted by Gasteiger charge is -2.11. The first-order valence-corrected chi connectivity index (χ1v) is 7.42. The number of ether oxygens (including phenoxy) is 1. The van der Waals surface area contributed by atoms with Gasteiger partial charge in [-0.2, -0.15) is 0 Å². The van der Waals surface area contributed by atoms with Crippen LogP contribution in [0.25, 0.3) is 12.2 Å². The summed E-state index contributed by atoms with van der Waals surface area (Å²) in [5, 5.41) is 0. The van der Waals surface area contributed by atoms with E-state index in [0.717, 1.165) is 18.5 Å². The highest BCUT2D eigenvalue weighted by atomic mass is 16.5. The number of benzene rings is 2. The smallest absolute Gasteiger partial charge is 0.308 e. The molecule has 0 aliphatic carbocycles. The number of fused-ring (bicyclic) bond motifs is 1. The van der Waals surface area contributed by atoms with E-state index in [1.54, 1.807) is 12.1 Å². The van der Waals surface area contributed by atoms with Crippen LogP contribution >= 0.6 is 0 Å². The van der Waals surface area contributed by atoms with Crippen molar-refractivity contribution in [3.05, 3.63) is 59.2 Å². The maximum absolute atomic E-state index is 10.9. The van der Waals surface area contributed by atoms with E-state index in [0.29, 0.717) is 5.75 Å². The van der Waals surface area contributed by atoms with Crippen molar-refractivity contribution < 1.29 is 9.53 Å². The number of anilines is 1. The van der Waals surface area contributed by atoms with Crippen LogP contribution in [-0.4, -0.2) is 19.6 Å². The second-order valence-corrected chi connectivity index (χ2v) is 5.56. The van der Waals surface area contributed by atoms with Crippen LogP contribution in [0.5, 0.6) is 5.75 Å². The second-order valence-electron chi connectivity index (χ2n) is 5.56. The van der Waals surface area contributed by atoms with Gasteiger partial charge in [-0.25, -0.2) is 0 Å². The van der Waals surface area contributed by atoms with E-state index in [2.05, 4.69) is 42.3 Å². The van der Waals surface area contributed by atoms with Crippen molar-refractivity contribution in [3.63, 3.8) is 0 Å². The predicted octanol–water partition coefficient (Wildman–Crippen LogP) is 3.77. The van der Waals surface area contributed by atoms with Gasteiger partial charge >= 0.3 is 5.97 Å². The van der Waals surface area contributed by atoms with Crippen molar-refractivity contribution in [2.45, 2.75) is 13.3 Å². The average Bonchev–Trinajstić information content (AvgIpc) is 2.87. The number of rotatable bonds is 3. The molecule has 0 fully saturated rings. The first-order chi connectivity index (χ1) is 10.6. The molecule has 0 saturated carbocycles. The molecule has 2 aromatic carbocycles. The standard InChI is InChI=1S/C19H19NO2/c1-14(21)22-18-8-5-15(6-9-18)3-4-16-7-10-19-17(13-16)11-12-20(19)2/h3-10,13H,11-12H2,1-2H3. The lowest BCUT2D eigenvalue weighted by Crippen LogP contribution is -2.12. The monoisotopic (exact) mass is 293 g/mol. The number of carbonyl (C=O) groups is 1. The summed E-state index contributed by atoms with van der Waals surface area (Å²) in [5.74, 6) is 0.275. The Labute approximate surface area is 130 Å². The minimum atomic E-state index is -0.300. The molecular formula is C19H19NO2. The van der Waals surface area contributed by atoms with Crippen LogP contribution in [0, 0.1) is 0 Å². The highest BCUT2D eigenvalue weighted by molar-refractivity contribution is 5.73. The third-order valence-corrected chi connectivity index (χ3v) is 3.84. The number of likely N-dealkylation sites (N-methyl/N-ethyl adjacent to an activating group) is 1. The molecule has 3 rings (SSSR count). The van der Waals surface area contributed by atoms with Gasteiger partial charge in [-0.15, -0.1) is 0 Å². The van der Waals surface area contributed by atoms with Gasteiger partial charge in [0.2, 0.25) is 0 Å². The third kappa shape index (κ3) is 3.19. The zero-order chi connectivity index (χ0) is 15.5. The van der Waals surface area contributed by atoms with Gasteiger partial charge in [-0.1, -0.05) is 30.4 Å². The number of esters is 1. The molecule has 0 spiro atoms. The molecule has 3 heteroatoms. The average molecular weight is 293 g/mol. The molecule has 0 bridgehead atoms. The summed E-state index contributed by atoms with van der Waals surface area (Å²) >= 11 is 0. The van der Waals surface area contributed by atoms with Crippen LogP contribution in [0.1, 0.15) is 23.6 Å². The van der Waals surface area contributed by atoms with Crippen LogP contribution in [0.15, 0.2) is 42.5 Å². The van der Waals surface area contributed by atoms with Crippen molar-refractivity contribution in [1.82, 2.24) is 0 Å². The summed E-state index contributed by atoms with van der Waals surface area (Å²) in [5.41, 5.74) is 5.03. The normalized spacial score (nSPS) is 13.5. The molecule has 0 N–H and O–H groups in total. The molecule has 0 atom stereocenters. The minimum absolute atomic E-state index is 0.300. The Morgan fingerprint density at radius 2 is 1.77 bits per heavy atom. The van der Waals surface area contributed by atoms with Crippen LogP contribution in [0.3, 0.4) is 0 Å². The Kier molecular flexibility index (Phi) is 3.96. The van der Waals surface area contributed by atoms with E-state index in [1.165, 1.54) is 23.7 Å². The molecule has 1 aliphatic heterocycles. The zero-order valence-corrected chi connectivity index (χ0v) is 12.9. The Hall–Kier alpha value is -2.55. The Bertz CT molecular complexity index is 717. The van der Waals surface area contributed by atoms with Crippen molar-refractivity contribution in [1.29, 1.82) is 0 Å². The molecule has 3 nitrogen and oxygen atoms in total. The number of nitrogens with zero attached hydrogens (tertiary/aromatic N) is 1. The molecule has 1 aliphatic rings. The minimum Gasteiger partial charge on any atom is -0.427 e. The summed E-state index contributed by atoms with van der Waals surface area (Å²) < 4.78 is 5.02. The summed E-state index contributed by atoms with van der Waals surface area (Å²) in [6, 6.07) is 14.1. The highest BCUT2D eigenvalue weighted by Gasteiger charge is 2.14. The van der Waals surface area contributed by atoms with Gasteiger partial charge < -0.3 is 9.64 Å². The Morgan fingerprint density at radius 3 is 2.50 bits per heavy atom. The van der Waals surface area contributed by atoms with Gasteiger partial charge in [0.25, 0.3) is 0 Å². The van der Waals surface area contributed by atoms with Gasteiger partial charge in [-0.05, 0) is 47.4 Å². The van der Waals surface area contributed by atoms with Crippen LogP contribution < -0.4 is 9.64 Å². The maximum Gasteiger partial charge on any atom is 0.308 e. The van der Waals surface area contributed by atoms with E-state index in [4.69, 9.17) is 4.74 Å². The molecular weight excluding hydrogens is 274 g/mol. The molecule has 0 saturated heterocycles. The molecule has 112 valence electrons. The fourth-order valence-corrected chi connectivity index (χ4v) is 2.70. The SMILES string of the molecule is CC(=O)Oc1ccc(C=Cc2ccc3c(c2)CCN3C)cc1. The largest absolute Gasteiger partial charge is 0.427 e. The summed E-state index contributed by atoms with van der Waals surface area (Å²) in [6.07, 6.45) is 5.29. The van der Waals surface area contributed by atoms with E-state index >= 15 is 0 Å². The molecule has 2 aromatic rings. The molecule has 1 heterocycles. The second kappa shape index (κ2) is 6.06. The van der Waals surface area contributed by atoms with Crippen LogP contribution in [0.4, 0.5) is 5.69 Å². The molecule has 0 radical (unpaired) electrons. The van der Waals surface area contributed by atoms with Crippen molar-refractivity contribution in [3.8, 4) is 5.75 Å². The van der Waals surface area contributed by atoms with Gasteiger partial charge in [0.05, 0.1) is 0 Å². The predicted molar refractivity (Wildman–Crippen MR) is 90.1 cm³/mol. The first-order valence-electron chi connectivity index (χ1n) is 7.42. The summed E-state index contributed by atoms with van der Waals surface area (Å²) in [7, 11) is 2.13. The van der Waals surface area contributed by atoms with Gasteiger partial charge in [-0.3, -0.25) is 4.79 Å². The summed E-state index contributed by atoms with van der Waals surface area (Å²) in [4.78, 5) is 13.2. The van der Waals surface area contributed by atoms with E-state index in [1.807, 2.05) is 12.1 Å². The van der Waals surface area contributed by atoms with Gasteiger partial charge in [0.1, 0.15) is 5.75 Å². The van der Waals surface area contributed by atoms with Crippen molar-refractivity contribution in [2.75, 3.05) is 18.5 Å². The van der Waals surface area contributed by atoms with Crippen molar-refractivity contribution in [2.24, 2.45) is 0 Å². The Balaban J connectivity index is 1.73. The first kappa shape index (κ1) is 14.4. The maximum atomic E-state index is 10.9. The summed E-state index contributed by atoms with van der Waals surface area (Å²) in [6.45, 7) is 2.50. The van der Waals surface area contributed by atoms with E-state index < -0.39 is 0 Å². The fourth-order valence-electron chi connectivity index (χ4n) is 2.70. The lowest BCUT2D eigenvalue weighted by atomic mass is 10.1. The van der Waals surface area contributed by atoms with Crippen LogP contribution in [0.2, 0.25) is 0 Å². The zero-order valence-electron chi connectivity index (χ0n) is 12.9. The number of hydrogen-bond donors (Lipinski definition) is 0. The topological polar surface area (TPSA) is 29.5 Å². The van der Waals surface area contributed by atoms with Crippen molar-refractivity contribution >= 4 is 23.8 Å². The quantitative estimate of drug-likeness (QED) is 0.490. The van der Waals surface area contributed by atoms with Crippen LogP contribution in [-0.2, 0) is 11.2 Å². The lowest BCUT2D eigenvalue weighted by molar-refractivity contribution is -0.131. The van der Waals surface area contributed by atoms with Gasteiger partial charge in [0, 0.05) is 26.2 Å². The van der Waals surface area contributed by atoms with E-state index in [-0.39, 0.29) is 5.97 Å². The molecule has 0 amide bonds. The molecule has 22 heavy (non-hydrogen) atoms. The third-order valence-electron chi connectivity index (χ3n) is 3.84. The Morgan fingerprint density at radius 1 is 1.09 bits per heavy atom. The number of carbonyl (C=O) groups excluding carboxylic acids is 1.